The van der Waals surface area contributed by atoms with Crippen LogP contribution in [0.5, 0.6) is 0 Å². The summed E-state index contributed by atoms with van der Waals surface area (Å²) < 4.78 is 0. The van der Waals surface area contributed by atoms with Crippen molar-refractivity contribution in [1.29, 1.82) is 0 Å². The maximum Gasteiger partial charge on any atom is 0.272 e. The van der Waals surface area contributed by atoms with Gasteiger partial charge in [-0.25, -0.2) is 0 Å². The molecular formula is C19H27N3O3. The minimum absolute atomic E-state index is 0.0281. The first-order valence-electron chi connectivity index (χ1n) is 9.42. The second-order valence-corrected chi connectivity index (χ2v) is 7.82. The first-order chi connectivity index (χ1) is 12.1. The van der Waals surface area contributed by atoms with Crippen molar-refractivity contribution in [3.05, 3.63) is 30.1 Å². The van der Waals surface area contributed by atoms with E-state index in [0.717, 1.165) is 51.9 Å². The SMILES string of the molecule is O=C(c1ccccn1)N1CCC(N2C[C@H]3C[C@H](O)[C@H](O)C[C@H]3C2)CC1. The molecule has 25 heavy (non-hydrogen) atoms. The van der Waals surface area contributed by atoms with Gasteiger partial charge in [-0.3, -0.25) is 14.7 Å². The third-order valence-electron chi connectivity index (χ3n) is 6.29. The normalized spacial score (nSPS) is 34.1. The van der Waals surface area contributed by atoms with Crippen molar-refractivity contribution < 1.29 is 15.0 Å². The number of hydrogen-bond donors (Lipinski definition) is 2. The third kappa shape index (κ3) is 3.43. The van der Waals surface area contributed by atoms with E-state index < -0.39 is 12.2 Å². The van der Waals surface area contributed by atoms with E-state index in [1.54, 1.807) is 12.3 Å². The number of amides is 1. The van der Waals surface area contributed by atoms with Crippen molar-refractivity contribution in [1.82, 2.24) is 14.8 Å². The van der Waals surface area contributed by atoms with Crippen LogP contribution in [0.3, 0.4) is 0 Å². The van der Waals surface area contributed by atoms with Gasteiger partial charge in [-0.05, 0) is 49.7 Å². The monoisotopic (exact) mass is 345 g/mol. The number of piperidine rings is 1. The minimum atomic E-state index is -0.556. The molecule has 4 atom stereocenters. The highest BCUT2D eigenvalue weighted by atomic mass is 16.3. The molecule has 136 valence electrons. The molecule has 0 radical (unpaired) electrons. The molecule has 0 spiro atoms. The lowest BCUT2D eigenvalue weighted by molar-refractivity contribution is -0.0372. The number of aliphatic hydroxyl groups is 2. The Morgan fingerprint density at radius 3 is 2.24 bits per heavy atom. The van der Waals surface area contributed by atoms with Crippen LogP contribution in [-0.2, 0) is 0 Å². The van der Waals surface area contributed by atoms with Gasteiger partial charge in [-0.1, -0.05) is 6.07 Å². The standard InChI is InChI=1S/C19H27N3O3/c23-17-9-13-11-22(12-14(13)10-18(17)24)15-4-7-21(8-5-15)19(25)16-3-1-2-6-20-16/h1-3,6,13-15,17-18,23-24H,4-5,7-12H2/t13-,14+,17+,18-. The van der Waals surface area contributed by atoms with Crippen molar-refractivity contribution in [3.8, 4) is 0 Å². The van der Waals surface area contributed by atoms with Gasteiger partial charge in [0.15, 0.2) is 0 Å². The van der Waals surface area contributed by atoms with Crippen molar-refractivity contribution in [2.75, 3.05) is 26.2 Å². The fraction of sp³-hybridized carbons (Fsp3) is 0.684. The number of aliphatic hydroxyl groups excluding tert-OH is 2. The van der Waals surface area contributed by atoms with Crippen LogP contribution in [0.25, 0.3) is 0 Å². The molecule has 1 amide bonds. The highest BCUT2D eigenvalue weighted by Crippen LogP contribution is 2.38. The van der Waals surface area contributed by atoms with Crippen LogP contribution in [0.2, 0.25) is 0 Å². The molecule has 6 nitrogen and oxygen atoms in total. The zero-order valence-electron chi connectivity index (χ0n) is 14.5. The number of pyridine rings is 1. The van der Waals surface area contributed by atoms with E-state index in [9.17, 15) is 15.0 Å². The third-order valence-corrected chi connectivity index (χ3v) is 6.29. The van der Waals surface area contributed by atoms with E-state index in [-0.39, 0.29) is 5.91 Å². The maximum absolute atomic E-state index is 12.5. The summed E-state index contributed by atoms with van der Waals surface area (Å²) in [6.07, 6.45) is 3.97. The molecule has 4 rings (SSSR count). The number of rotatable bonds is 2. The van der Waals surface area contributed by atoms with Crippen LogP contribution >= 0.6 is 0 Å². The van der Waals surface area contributed by atoms with Gasteiger partial charge in [-0.2, -0.15) is 0 Å². The van der Waals surface area contributed by atoms with Gasteiger partial charge in [0.1, 0.15) is 5.69 Å². The summed E-state index contributed by atoms with van der Waals surface area (Å²) >= 11 is 0. The Balaban J connectivity index is 1.32. The first kappa shape index (κ1) is 16.9. The largest absolute Gasteiger partial charge is 0.390 e. The van der Waals surface area contributed by atoms with Crippen LogP contribution in [0, 0.1) is 11.8 Å². The summed E-state index contributed by atoms with van der Waals surface area (Å²) in [5, 5.41) is 19.8. The second-order valence-electron chi connectivity index (χ2n) is 7.82. The summed E-state index contributed by atoms with van der Waals surface area (Å²) in [6, 6.07) is 5.95. The fourth-order valence-corrected chi connectivity index (χ4v) is 4.83. The molecule has 3 aliphatic rings. The second kappa shape index (κ2) is 7.02. The minimum Gasteiger partial charge on any atom is -0.390 e. The van der Waals surface area contributed by atoms with Crippen molar-refractivity contribution in [2.45, 2.75) is 43.9 Å². The van der Waals surface area contributed by atoms with Crippen LogP contribution in [-0.4, -0.2) is 75.3 Å². The Morgan fingerprint density at radius 2 is 1.68 bits per heavy atom. The molecule has 1 saturated carbocycles. The number of aromatic nitrogens is 1. The summed E-state index contributed by atoms with van der Waals surface area (Å²) in [7, 11) is 0. The predicted octanol–water partition coefficient (Wildman–Crippen LogP) is 0.750. The van der Waals surface area contributed by atoms with E-state index in [4.69, 9.17) is 0 Å². The molecule has 1 aromatic rings. The molecule has 0 bridgehead atoms. The first-order valence-corrected chi connectivity index (χ1v) is 9.42. The molecule has 6 heteroatoms. The van der Waals surface area contributed by atoms with Gasteiger partial charge in [0, 0.05) is 38.4 Å². The Hall–Kier alpha value is -1.50. The van der Waals surface area contributed by atoms with Gasteiger partial charge < -0.3 is 15.1 Å². The van der Waals surface area contributed by atoms with Gasteiger partial charge in [0.25, 0.3) is 5.91 Å². The average Bonchev–Trinajstić information content (AvgIpc) is 3.05. The van der Waals surface area contributed by atoms with Crippen molar-refractivity contribution in [2.24, 2.45) is 11.8 Å². The number of nitrogens with zero attached hydrogens (tertiary/aromatic N) is 3. The lowest BCUT2D eigenvalue weighted by Gasteiger charge is -2.36. The number of fused-ring (bicyclic) bond motifs is 1. The lowest BCUT2D eigenvalue weighted by atomic mass is 9.79. The molecule has 3 fully saturated rings. The number of likely N-dealkylation sites (tertiary alicyclic amines) is 2. The number of carbonyl (C=O) groups excluding carboxylic acids is 1. The Bertz CT molecular complexity index is 585. The van der Waals surface area contributed by atoms with Crippen LogP contribution in [0.4, 0.5) is 0 Å². The molecule has 2 saturated heterocycles. The van der Waals surface area contributed by atoms with Crippen LogP contribution in [0.15, 0.2) is 24.4 Å². The van der Waals surface area contributed by atoms with Gasteiger partial charge in [0.2, 0.25) is 0 Å². The highest BCUT2D eigenvalue weighted by molar-refractivity contribution is 5.92. The summed E-state index contributed by atoms with van der Waals surface area (Å²) in [5.41, 5.74) is 0.524. The van der Waals surface area contributed by atoms with E-state index in [0.29, 0.717) is 23.6 Å². The zero-order valence-corrected chi connectivity index (χ0v) is 14.5. The van der Waals surface area contributed by atoms with Crippen molar-refractivity contribution in [3.63, 3.8) is 0 Å². The van der Waals surface area contributed by atoms with E-state index in [1.807, 2.05) is 17.0 Å². The van der Waals surface area contributed by atoms with Gasteiger partial charge in [0.05, 0.1) is 12.2 Å². The number of carbonyl (C=O) groups is 1. The topological polar surface area (TPSA) is 76.9 Å². The molecular weight excluding hydrogens is 318 g/mol. The molecule has 3 heterocycles. The molecule has 0 unspecified atom stereocenters. The molecule has 1 aromatic heterocycles. The van der Waals surface area contributed by atoms with E-state index in [2.05, 4.69) is 9.88 Å². The zero-order chi connectivity index (χ0) is 17.4. The molecule has 0 aromatic carbocycles. The summed E-state index contributed by atoms with van der Waals surface area (Å²) in [5.74, 6) is 1.04. The molecule has 1 aliphatic carbocycles. The maximum atomic E-state index is 12.5. The van der Waals surface area contributed by atoms with Crippen LogP contribution < -0.4 is 0 Å². The smallest absolute Gasteiger partial charge is 0.272 e. The quantitative estimate of drug-likeness (QED) is 0.827. The molecule has 2 aliphatic heterocycles. The van der Waals surface area contributed by atoms with Gasteiger partial charge in [-0.15, -0.1) is 0 Å². The van der Waals surface area contributed by atoms with E-state index >= 15 is 0 Å². The Kier molecular flexibility index (Phi) is 4.75. The van der Waals surface area contributed by atoms with E-state index in [1.165, 1.54) is 0 Å². The van der Waals surface area contributed by atoms with Crippen molar-refractivity contribution >= 4 is 5.91 Å². The summed E-state index contributed by atoms with van der Waals surface area (Å²) in [6.45, 7) is 3.59. The Labute approximate surface area is 148 Å². The lowest BCUT2D eigenvalue weighted by Crippen LogP contribution is -2.46. The predicted molar refractivity (Wildman–Crippen MR) is 93.0 cm³/mol. The fourth-order valence-electron chi connectivity index (χ4n) is 4.83. The average molecular weight is 345 g/mol. The Morgan fingerprint density at radius 1 is 1.04 bits per heavy atom. The van der Waals surface area contributed by atoms with Gasteiger partial charge >= 0.3 is 0 Å². The number of hydrogen-bond acceptors (Lipinski definition) is 5. The summed E-state index contributed by atoms with van der Waals surface area (Å²) in [4.78, 5) is 21.1. The highest BCUT2D eigenvalue weighted by Gasteiger charge is 2.43. The molecule has 2 N–H and O–H groups in total. The van der Waals surface area contributed by atoms with Crippen LogP contribution in [0.1, 0.15) is 36.2 Å².